The molecule has 0 bridgehead atoms. The Bertz CT molecular complexity index is 349. The van der Waals surface area contributed by atoms with Crippen LogP contribution in [0.5, 0.6) is 0 Å². The van der Waals surface area contributed by atoms with Gasteiger partial charge in [0.25, 0.3) is 0 Å². The van der Waals surface area contributed by atoms with E-state index >= 15 is 0 Å². The SMILES string of the molecule is C=C(CC(/C=C/CC)(CC)[N+](=O)[O-])C(=O)OCC. The van der Waals surface area contributed by atoms with E-state index in [0.29, 0.717) is 12.8 Å². The third-order valence-electron chi connectivity index (χ3n) is 2.72. The van der Waals surface area contributed by atoms with Crippen molar-refractivity contribution in [3.8, 4) is 0 Å². The molecule has 18 heavy (non-hydrogen) atoms. The summed E-state index contributed by atoms with van der Waals surface area (Å²) in [5.74, 6) is -0.568. The molecular formula is C13H21NO4. The molecule has 102 valence electrons. The summed E-state index contributed by atoms with van der Waals surface area (Å²) < 4.78 is 4.79. The second-order valence-corrected chi connectivity index (χ2v) is 4.03. The van der Waals surface area contributed by atoms with Crippen molar-refractivity contribution in [2.75, 3.05) is 6.61 Å². The zero-order valence-corrected chi connectivity index (χ0v) is 11.3. The third kappa shape index (κ3) is 4.31. The average molecular weight is 255 g/mol. The van der Waals surface area contributed by atoms with Crippen LogP contribution in [0.25, 0.3) is 0 Å². The van der Waals surface area contributed by atoms with Gasteiger partial charge in [0, 0.05) is 16.9 Å². The molecule has 0 saturated heterocycles. The molecule has 0 amide bonds. The molecule has 0 aromatic heterocycles. The molecule has 0 fully saturated rings. The fourth-order valence-electron chi connectivity index (χ4n) is 1.57. The van der Waals surface area contributed by atoms with Gasteiger partial charge in [-0.25, -0.2) is 4.79 Å². The van der Waals surface area contributed by atoms with E-state index in [2.05, 4.69) is 6.58 Å². The van der Waals surface area contributed by atoms with E-state index in [1.807, 2.05) is 6.92 Å². The summed E-state index contributed by atoms with van der Waals surface area (Å²) in [5, 5.41) is 11.2. The van der Waals surface area contributed by atoms with Crippen LogP contribution >= 0.6 is 0 Å². The average Bonchev–Trinajstić information content (AvgIpc) is 2.34. The minimum absolute atomic E-state index is 0.0220. The number of rotatable bonds is 8. The van der Waals surface area contributed by atoms with Crippen molar-refractivity contribution >= 4 is 5.97 Å². The molecule has 1 unspecified atom stereocenters. The number of carbonyl (C=O) groups excluding carboxylic acids is 1. The summed E-state index contributed by atoms with van der Waals surface area (Å²) in [6.45, 7) is 9.13. The highest BCUT2D eigenvalue weighted by molar-refractivity contribution is 5.87. The maximum atomic E-state index is 11.5. The van der Waals surface area contributed by atoms with E-state index in [1.165, 1.54) is 0 Å². The number of nitrogens with zero attached hydrogens (tertiary/aromatic N) is 1. The van der Waals surface area contributed by atoms with Crippen molar-refractivity contribution < 1.29 is 14.5 Å². The van der Waals surface area contributed by atoms with Crippen molar-refractivity contribution in [3.63, 3.8) is 0 Å². The lowest BCUT2D eigenvalue weighted by Crippen LogP contribution is -2.37. The minimum atomic E-state index is -1.26. The quantitative estimate of drug-likeness (QED) is 0.220. The van der Waals surface area contributed by atoms with Crippen LogP contribution in [0.15, 0.2) is 24.3 Å². The largest absolute Gasteiger partial charge is 0.463 e. The standard InChI is InChI=1S/C13H21NO4/c1-5-8-9-13(6-2,14(16)17)10-11(4)12(15)18-7-3/h8-9H,4-7,10H2,1-3H3/b9-8+. The zero-order chi connectivity index (χ0) is 14.2. The van der Waals surface area contributed by atoms with Crippen LogP contribution in [-0.4, -0.2) is 23.0 Å². The highest BCUT2D eigenvalue weighted by Gasteiger charge is 2.39. The maximum absolute atomic E-state index is 11.5. The van der Waals surface area contributed by atoms with Crippen LogP contribution in [0.1, 0.15) is 40.0 Å². The molecule has 0 aliphatic heterocycles. The third-order valence-corrected chi connectivity index (χ3v) is 2.72. The molecule has 0 aliphatic carbocycles. The van der Waals surface area contributed by atoms with Crippen LogP contribution in [0.2, 0.25) is 0 Å². The molecular weight excluding hydrogens is 234 g/mol. The molecule has 5 nitrogen and oxygen atoms in total. The van der Waals surface area contributed by atoms with Gasteiger partial charge < -0.3 is 4.74 Å². The molecule has 0 rings (SSSR count). The Morgan fingerprint density at radius 3 is 2.44 bits per heavy atom. The summed E-state index contributed by atoms with van der Waals surface area (Å²) in [6, 6.07) is 0. The Balaban J connectivity index is 5.00. The van der Waals surface area contributed by atoms with Gasteiger partial charge in [-0.1, -0.05) is 26.5 Å². The van der Waals surface area contributed by atoms with Gasteiger partial charge in [-0.2, -0.15) is 0 Å². The van der Waals surface area contributed by atoms with Crippen LogP contribution in [-0.2, 0) is 9.53 Å². The number of hydrogen-bond acceptors (Lipinski definition) is 4. The van der Waals surface area contributed by atoms with Crippen LogP contribution in [0, 0.1) is 10.1 Å². The lowest BCUT2D eigenvalue weighted by molar-refractivity contribution is -0.555. The second-order valence-electron chi connectivity index (χ2n) is 4.03. The molecule has 0 spiro atoms. The van der Waals surface area contributed by atoms with E-state index in [9.17, 15) is 14.9 Å². The number of esters is 1. The summed E-state index contributed by atoms with van der Waals surface area (Å²) >= 11 is 0. The molecule has 1 atom stereocenters. The molecule has 0 saturated carbocycles. The smallest absolute Gasteiger partial charge is 0.333 e. The normalized spacial score (nSPS) is 14.2. The molecule has 0 heterocycles. The van der Waals surface area contributed by atoms with Gasteiger partial charge in [-0.05, 0) is 19.4 Å². The number of hydrogen-bond donors (Lipinski definition) is 0. The van der Waals surface area contributed by atoms with Gasteiger partial charge in [0.2, 0.25) is 5.54 Å². The first-order valence-electron chi connectivity index (χ1n) is 6.10. The lowest BCUT2D eigenvalue weighted by atomic mass is 9.88. The summed E-state index contributed by atoms with van der Waals surface area (Å²) in [4.78, 5) is 22.3. The first kappa shape index (κ1) is 16.4. The van der Waals surface area contributed by atoms with Crippen molar-refractivity contribution in [1.82, 2.24) is 0 Å². The lowest BCUT2D eigenvalue weighted by Gasteiger charge is -2.21. The summed E-state index contributed by atoms with van der Waals surface area (Å²) in [6.07, 6.45) is 4.28. The Hall–Kier alpha value is -1.65. The van der Waals surface area contributed by atoms with Gasteiger partial charge >= 0.3 is 5.97 Å². The second kappa shape index (κ2) is 7.63. The fraction of sp³-hybridized carbons (Fsp3) is 0.615. The number of allylic oxidation sites excluding steroid dienone is 1. The number of nitro groups is 1. The van der Waals surface area contributed by atoms with E-state index in [4.69, 9.17) is 4.74 Å². The number of carbonyl (C=O) groups is 1. The van der Waals surface area contributed by atoms with Crippen molar-refractivity contribution in [3.05, 3.63) is 34.4 Å². The van der Waals surface area contributed by atoms with Crippen molar-refractivity contribution in [2.45, 2.75) is 45.6 Å². The van der Waals surface area contributed by atoms with Crippen molar-refractivity contribution in [1.29, 1.82) is 0 Å². The van der Waals surface area contributed by atoms with Crippen LogP contribution in [0.4, 0.5) is 0 Å². The molecule has 0 radical (unpaired) electrons. The van der Waals surface area contributed by atoms with Gasteiger partial charge in [0.15, 0.2) is 0 Å². The zero-order valence-electron chi connectivity index (χ0n) is 11.3. The van der Waals surface area contributed by atoms with E-state index < -0.39 is 11.5 Å². The monoisotopic (exact) mass is 255 g/mol. The molecule has 0 aromatic carbocycles. The van der Waals surface area contributed by atoms with Gasteiger partial charge in [-0.15, -0.1) is 0 Å². The Morgan fingerprint density at radius 1 is 1.44 bits per heavy atom. The van der Waals surface area contributed by atoms with Gasteiger partial charge in [0.1, 0.15) is 0 Å². The van der Waals surface area contributed by atoms with E-state index in [-0.39, 0.29) is 23.5 Å². The molecule has 5 heteroatoms. The fourth-order valence-corrected chi connectivity index (χ4v) is 1.57. The Morgan fingerprint density at radius 2 is 2.06 bits per heavy atom. The highest BCUT2D eigenvalue weighted by Crippen LogP contribution is 2.26. The first-order chi connectivity index (χ1) is 8.43. The van der Waals surface area contributed by atoms with Gasteiger partial charge in [-0.3, -0.25) is 10.1 Å². The van der Waals surface area contributed by atoms with Crippen molar-refractivity contribution in [2.24, 2.45) is 0 Å². The van der Waals surface area contributed by atoms with E-state index in [0.717, 1.165) is 0 Å². The minimum Gasteiger partial charge on any atom is -0.463 e. The van der Waals surface area contributed by atoms with Crippen LogP contribution in [0.3, 0.4) is 0 Å². The maximum Gasteiger partial charge on any atom is 0.333 e. The summed E-state index contributed by atoms with van der Waals surface area (Å²) in [7, 11) is 0. The predicted octanol–water partition coefficient (Wildman–Crippen LogP) is 2.89. The molecule has 0 N–H and O–H groups in total. The molecule has 0 aromatic rings. The predicted molar refractivity (Wildman–Crippen MR) is 69.8 cm³/mol. The number of ether oxygens (including phenoxy) is 1. The first-order valence-corrected chi connectivity index (χ1v) is 6.10. The summed E-state index contributed by atoms with van der Waals surface area (Å²) in [5.41, 5.74) is -1.13. The van der Waals surface area contributed by atoms with Gasteiger partial charge in [0.05, 0.1) is 13.0 Å². The van der Waals surface area contributed by atoms with Crippen LogP contribution < -0.4 is 0 Å². The topological polar surface area (TPSA) is 69.4 Å². The Labute approximate surface area is 108 Å². The van der Waals surface area contributed by atoms with E-state index in [1.54, 1.807) is 26.0 Å². The Kier molecular flexibility index (Phi) is 6.93. The highest BCUT2D eigenvalue weighted by atomic mass is 16.6. The molecule has 0 aliphatic rings.